The molecule has 1 aromatic heterocycles. The summed E-state index contributed by atoms with van der Waals surface area (Å²) in [6.07, 6.45) is 4.60. The number of hydrogen-bond donors (Lipinski definition) is 1. The predicted molar refractivity (Wildman–Crippen MR) is 73.8 cm³/mol. The van der Waals surface area contributed by atoms with E-state index in [4.69, 9.17) is 4.52 Å². The van der Waals surface area contributed by atoms with Gasteiger partial charge in [0.25, 0.3) is 0 Å². The van der Waals surface area contributed by atoms with E-state index < -0.39 is 0 Å². The predicted octanol–water partition coefficient (Wildman–Crippen LogP) is 2.11. The molecule has 1 aliphatic rings. The highest BCUT2D eigenvalue weighted by Crippen LogP contribution is 2.30. The first-order valence-corrected chi connectivity index (χ1v) is 7.41. The normalized spacial score (nSPS) is 19.3. The molecular weight excluding hydrogens is 248 g/mol. The van der Waals surface area contributed by atoms with Gasteiger partial charge in [-0.25, -0.2) is 0 Å². The average Bonchev–Trinajstić information content (AvgIpc) is 3.03. The second-order valence-corrected chi connectivity index (χ2v) is 5.63. The standard InChI is InChI=1S/C12H20N4OS/c1-3-9(4-2)10-7-14-12(18-10)13-6-5-11-15-8-17-16-11/h8-10H,3-7H2,1-2H3,(H,13,14). The third kappa shape index (κ3) is 3.48. The van der Waals surface area contributed by atoms with Crippen LogP contribution in [0.4, 0.5) is 0 Å². The van der Waals surface area contributed by atoms with Crippen LogP contribution < -0.4 is 5.32 Å². The summed E-state index contributed by atoms with van der Waals surface area (Å²) in [5.41, 5.74) is 0. The smallest absolute Gasteiger partial charge is 0.213 e. The fourth-order valence-electron chi connectivity index (χ4n) is 2.13. The summed E-state index contributed by atoms with van der Waals surface area (Å²) < 4.78 is 4.69. The monoisotopic (exact) mass is 268 g/mol. The van der Waals surface area contributed by atoms with Crippen LogP contribution in [0.2, 0.25) is 0 Å². The average molecular weight is 268 g/mol. The van der Waals surface area contributed by atoms with Gasteiger partial charge in [-0.05, 0) is 5.92 Å². The van der Waals surface area contributed by atoms with Crippen LogP contribution in [0.15, 0.2) is 15.9 Å². The van der Waals surface area contributed by atoms with Crippen LogP contribution in [-0.2, 0) is 6.42 Å². The largest absolute Gasteiger partial charge is 0.364 e. The Morgan fingerprint density at radius 2 is 2.33 bits per heavy atom. The van der Waals surface area contributed by atoms with Crippen LogP contribution in [0, 0.1) is 5.92 Å². The zero-order chi connectivity index (χ0) is 12.8. The summed E-state index contributed by atoms with van der Waals surface area (Å²) in [6.45, 7) is 6.27. The Labute approximate surface area is 112 Å². The SMILES string of the molecule is CCC(CC)C1CN=C(NCCc2ncon2)S1. The molecule has 2 rings (SSSR count). The molecule has 0 aromatic carbocycles. The highest BCUT2D eigenvalue weighted by molar-refractivity contribution is 8.14. The van der Waals surface area contributed by atoms with Crippen molar-refractivity contribution in [3.8, 4) is 0 Å². The van der Waals surface area contributed by atoms with Gasteiger partial charge in [0.15, 0.2) is 11.0 Å². The molecule has 6 heteroatoms. The van der Waals surface area contributed by atoms with E-state index in [0.29, 0.717) is 5.25 Å². The summed E-state index contributed by atoms with van der Waals surface area (Å²) in [4.78, 5) is 8.54. The molecule has 0 saturated heterocycles. The molecule has 0 fully saturated rings. The molecule has 0 amide bonds. The van der Waals surface area contributed by atoms with Gasteiger partial charge in [-0.1, -0.05) is 43.6 Å². The molecule has 5 nitrogen and oxygen atoms in total. The fourth-order valence-corrected chi connectivity index (χ4v) is 3.48. The number of thioether (sulfide) groups is 1. The first kappa shape index (κ1) is 13.4. The molecule has 2 heterocycles. The second kappa shape index (κ2) is 6.78. The Bertz CT molecular complexity index is 375. The Balaban J connectivity index is 1.69. The minimum atomic E-state index is 0.646. The third-order valence-electron chi connectivity index (χ3n) is 3.28. The lowest BCUT2D eigenvalue weighted by molar-refractivity contribution is 0.410. The number of hydrogen-bond acceptors (Lipinski definition) is 6. The summed E-state index contributed by atoms with van der Waals surface area (Å²) in [5, 5.41) is 8.83. The number of aliphatic imine (C=N–C) groups is 1. The van der Waals surface area contributed by atoms with Crippen molar-refractivity contribution < 1.29 is 4.52 Å². The van der Waals surface area contributed by atoms with Crippen molar-refractivity contribution in [1.82, 2.24) is 15.5 Å². The molecule has 1 N–H and O–H groups in total. The zero-order valence-corrected chi connectivity index (χ0v) is 11.7. The lowest BCUT2D eigenvalue weighted by Gasteiger charge is -2.18. The Kier molecular flexibility index (Phi) is 5.04. The first-order chi connectivity index (χ1) is 8.83. The van der Waals surface area contributed by atoms with Crippen LogP contribution >= 0.6 is 11.8 Å². The minimum absolute atomic E-state index is 0.646. The fraction of sp³-hybridized carbons (Fsp3) is 0.750. The van der Waals surface area contributed by atoms with E-state index in [1.165, 1.54) is 19.2 Å². The Morgan fingerprint density at radius 1 is 1.50 bits per heavy atom. The number of rotatable bonds is 6. The number of aromatic nitrogens is 2. The molecular formula is C12H20N4OS. The van der Waals surface area contributed by atoms with Crippen LogP contribution in [0.25, 0.3) is 0 Å². The van der Waals surface area contributed by atoms with Crippen LogP contribution in [0.1, 0.15) is 32.5 Å². The van der Waals surface area contributed by atoms with Crippen molar-refractivity contribution in [2.75, 3.05) is 13.1 Å². The first-order valence-electron chi connectivity index (χ1n) is 6.53. The van der Waals surface area contributed by atoms with Crippen LogP contribution in [0.5, 0.6) is 0 Å². The number of nitrogens with one attached hydrogen (secondary N) is 1. The van der Waals surface area contributed by atoms with Gasteiger partial charge >= 0.3 is 0 Å². The van der Waals surface area contributed by atoms with E-state index in [-0.39, 0.29) is 0 Å². The summed E-state index contributed by atoms with van der Waals surface area (Å²) in [5.74, 6) is 1.51. The molecule has 1 aromatic rings. The van der Waals surface area contributed by atoms with Crippen molar-refractivity contribution in [1.29, 1.82) is 0 Å². The molecule has 0 saturated carbocycles. The quantitative estimate of drug-likeness (QED) is 0.856. The van der Waals surface area contributed by atoms with Gasteiger partial charge in [-0.15, -0.1) is 0 Å². The Morgan fingerprint density at radius 3 is 3.00 bits per heavy atom. The van der Waals surface area contributed by atoms with Crippen molar-refractivity contribution in [2.24, 2.45) is 10.9 Å². The van der Waals surface area contributed by atoms with Gasteiger partial charge in [0.2, 0.25) is 6.39 Å². The van der Waals surface area contributed by atoms with Gasteiger partial charge in [0.05, 0.1) is 6.54 Å². The Hall–Kier alpha value is -1.04. The molecule has 1 unspecified atom stereocenters. The second-order valence-electron chi connectivity index (χ2n) is 4.40. The van der Waals surface area contributed by atoms with Crippen molar-refractivity contribution in [2.45, 2.75) is 38.4 Å². The van der Waals surface area contributed by atoms with Gasteiger partial charge in [-0.3, -0.25) is 4.99 Å². The van der Waals surface area contributed by atoms with Crippen molar-refractivity contribution in [3.05, 3.63) is 12.2 Å². The molecule has 0 bridgehead atoms. The summed E-state index contributed by atoms with van der Waals surface area (Å²) >= 11 is 1.88. The van der Waals surface area contributed by atoms with E-state index in [9.17, 15) is 0 Å². The molecule has 0 spiro atoms. The van der Waals surface area contributed by atoms with E-state index in [1.54, 1.807) is 0 Å². The molecule has 0 aliphatic carbocycles. The van der Waals surface area contributed by atoms with E-state index >= 15 is 0 Å². The van der Waals surface area contributed by atoms with Gasteiger partial charge in [0, 0.05) is 18.2 Å². The van der Waals surface area contributed by atoms with Crippen molar-refractivity contribution in [3.63, 3.8) is 0 Å². The van der Waals surface area contributed by atoms with E-state index in [1.807, 2.05) is 11.8 Å². The van der Waals surface area contributed by atoms with E-state index in [2.05, 4.69) is 34.3 Å². The lowest BCUT2D eigenvalue weighted by atomic mass is 9.99. The number of nitrogens with zero attached hydrogens (tertiary/aromatic N) is 3. The summed E-state index contributed by atoms with van der Waals surface area (Å²) in [7, 11) is 0. The van der Waals surface area contributed by atoms with Crippen molar-refractivity contribution >= 4 is 16.9 Å². The summed E-state index contributed by atoms with van der Waals surface area (Å²) in [6, 6.07) is 0. The van der Waals surface area contributed by atoms with Gasteiger partial charge < -0.3 is 9.84 Å². The molecule has 18 heavy (non-hydrogen) atoms. The van der Waals surface area contributed by atoms with Gasteiger partial charge in [0.1, 0.15) is 0 Å². The van der Waals surface area contributed by atoms with E-state index in [0.717, 1.165) is 36.4 Å². The lowest BCUT2D eigenvalue weighted by Crippen LogP contribution is -2.24. The maximum Gasteiger partial charge on any atom is 0.213 e. The molecule has 1 atom stereocenters. The zero-order valence-electron chi connectivity index (χ0n) is 10.9. The highest BCUT2D eigenvalue weighted by Gasteiger charge is 2.25. The molecule has 0 radical (unpaired) electrons. The third-order valence-corrected chi connectivity index (χ3v) is 4.62. The molecule has 1 aliphatic heterocycles. The number of amidine groups is 1. The van der Waals surface area contributed by atoms with Crippen LogP contribution in [-0.4, -0.2) is 33.6 Å². The minimum Gasteiger partial charge on any atom is -0.364 e. The van der Waals surface area contributed by atoms with Gasteiger partial charge in [-0.2, -0.15) is 4.98 Å². The topological polar surface area (TPSA) is 63.3 Å². The maximum absolute atomic E-state index is 4.69. The van der Waals surface area contributed by atoms with Crippen LogP contribution in [0.3, 0.4) is 0 Å². The molecule has 100 valence electrons. The highest BCUT2D eigenvalue weighted by atomic mass is 32.2. The maximum atomic E-state index is 4.69.